The summed E-state index contributed by atoms with van der Waals surface area (Å²) in [7, 11) is 1.97. The molecule has 0 bridgehead atoms. The van der Waals surface area contributed by atoms with Gasteiger partial charge in [-0.15, -0.1) is 0 Å². The maximum atomic E-state index is 4.25. The Labute approximate surface area is 127 Å². The average molecular weight is 327 g/mol. The topological polar surface area (TPSA) is 24.9 Å². The Morgan fingerprint density at radius 1 is 0.950 bits per heavy atom. The molecule has 3 heteroatoms. The molecule has 0 aliphatic heterocycles. The summed E-state index contributed by atoms with van der Waals surface area (Å²) < 4.78 is 0.996. The van der Waals surface area contributed by atoms with Crippen molar-refractivity contribution in [2.75, 3.05) is 7.05 Å². The first-order chi connectivity index (χ1) is 9.78. The first-order valence-corrected chi connectivity index (χ1v) is 7.33. The molecule has 1 heterocycles. The molecule has 1 aromatic heterocycles. The van der Waals surface area contributed by atoms with E-state index in [0.717, 1.165) is 10.0 Å². The van der Waals surface area contributed by atoms with Gasteiger partial charge in [-0.25, -0.2) is 0 Å². The molecule has 3 aromatic rings. The molecule has 0 spiro atoms. The molecule has 0 aliphatic carbocycles. The minimum atomic E-state index is 0.143. The van der Waals surface area contributed by atoms with Crippen molar-refractivity contribution in [2.24, 2.45) is 0 Å². The molecule has 0 saturated heterocycles. The van der Waals surface area contributed by atoms with Crippen molar-refractivity contribution < 1.29 is 0 Å². The molecule has 0 fully saturated rings. The van der Waals surface area contributed by atoms with E-state index in [0.29, 0.717) is 0 Å². The molecule has 20 heavy (non-hydrogen) atoms. The van der Waals surface area contributed by atoms with E-state index in [2.05, 4.69) is 74.8 Å². The maximum Gasteiger partial charge on any atom is 0.0590 e. The van der Waals surface area contributed by atoms with E-state index in [1.807, 2.05) is 13.2 Å². The van der Waals surface area contributed by atoms with Crippen LogP contribution in [0.15, 0.2) is 65.4 Å². The molecule has 0 aliphatic rings. The zero-order chi connectivity index (χ0) is 13.9. The van der Waals surface area contributed by atoms with Crippen LogP contribution in [0.2, 0.25) is 0 Å². The molecule has 1 unspecified atom stereocenters. The van der Waals surface area contributed by atoms with Gasteiger partial charge in [0.15, 0.2) is 0 Å². The highest BCUT2D eigenvalue weighted by molar-refractivity contribution is 9.10. The molecule has 1 N–H and O–H groups in total. The number of halogens is 1. The lowest BCUT2D eigenvalue weighted by atomic mass is 9.97. The third-order valence-corrected chi connectivity index (χ3v) is 3.89. The van der Waals surface area contributed by atoms with Crippen molar-refractivity contribution in [1.29, 1.82) is 0 Å². The van der Waals surface area contributed by atoms with E-state index in [1.165, 1.54) is 16.3 Å². The fraction of sp³-hybridized carbons (Fsp3) is 0.118. The number of hydrogen-bond acceptors (Lipinski definition) is 2. The van der Waals surface area contributed by atoms with Crippen molar-refractivity contribution in [1.82, 2.24) is 10.3 Å². The molecular weight excluding hydrogens is 312 g/mol. The fourth-order valence-corrected chi connectivity index (χ4v) is 2.88. The lowest BCUT2D eigenvalue weighted by molar-refractivity contribution is 0.689. The minimum Gasteiger partial charge on any atom is -0.309 e. The van der Waals surface area contributed by atoms with Crippen LogP contribution in [0.5, 0.6) is 0 Å². The highest BCUT2D eigenvalue weighted by atomic mass is 79.9. The summed E-state index contributed by atoms with van der Waals surface area (Å²) in [5, 5.41) is 5.89. The molecule has 2 nitrogen and oxygen atoms in total. The lowest BCUT2D eigenvalue weighted by Gasteiger charge is -2.17. The van der Waals surface area contributed by atoms with Crippen LogP contribution < -0.4 is 5.32 Å². The van der Waals surface area contributed by atoms with Crippen molar-refractivity contribution in [3.8, 4) is 0 Å². The Hall–Kier alpha value is -1.71. The Kier molecular flexibility index (Phi) is 3.81. The van der Waals surface area contributed by atoms with Gasteiger partial charge in [-0.2, -0.15) is 0 Å². The van der Waals surface area contributed by atoms with E-state index in [1.54, 1.807) is 6.20 Å². The monoisotopic (exact) mass is 326 g/mol. The Bertz CT molecular complexity index is 740. The van der Waals surface area contributed by atoms with E-state index in [4.69, 9.17) is 0 Å². The van der Waals surface area contributed by atoms with Crippen molar-refractivity contribution >= 4 is 26.7 Å². The van der Waals surface area contributed by atoms with Crippen LogP contribution >= 0.6 is 15.9 Å². The number of fused-ring (bicyclic) bond motifs is 1. The highest BCUT2D eigenvalue weighted by Gasteiger charge is 2.13. The summed E-state index contributed by atoms with van der Waals surface area (Å²) in [5.74, 6) is 0. The largest absolute Gasteiger partial charge is 0.309 e. The van der Waals surface area contributed by atoms with Crippen LogP contribution in [0, 0.1) is 0 Å². The van der Waals surface area contributed by atoms with Crippen LogP contribution in [0.1, 0.15) is 17.2 Å². The Balaban J connectivity index is 2.07. The first kappa shape index (κ1) is 13.3. The molecule has 0 saturated carbocycles. The molecule has 1 atom stereocenters. The third kappa shape index (κ3) is 2.60. The average Bonchev–Trinajstić information content (AvgIpc) is 2.48. The smallest absolute Gasteiger partial charge is 0.0590 e. The van der Waals surface area contributed by atoms with E-state index < -0.39 is 0 Å². The van der Waals surface area contributed by atoms with Gasteiger partial charge in [-0.3, -0.25) is 4.98 Å². The predicted molar refractivity (Wildman–Crippen MR) is 86.8 cm³/mol. The van der Waals surface area contributed by atoms with Crippen LogP contribution in [-0.4, -0.2) is 12.0 Å². The van der Waals surface area contributed by atoms with Crippen LogP contribution in [0.4, 0.5) is 0 Å². The van der Waals surface area contributed by atoms with Crippen LogP contribution in [-0.2, 0) is 0 Å². The first-order valence-electron chi connectivity index (χ1n) is 6.54. The zero-order valence-corrected chi connectivity index (χ0v) is 12.8. The number of pyridine rings is 1. The zero-order valence-electron chi connectivity index (χ0n) is 11.2. The Morgan fingerprint density at radius 2 is 1.75 bits per heavy atom. The van der Waals surface area contributed by atoms with E-state index in [9.17, 15) is 0 Å². The van der Waals surface area contributed by atoms with E-state index in [-0.39, 0.29) is 6.04 Å². The van der Waals surface area contributed by atoms with Gasteiger partial charge in [0.05, 0.1) is 6.04 Å². The van der Waals surface area contributed by atoms with Crippen molar-refractivity contribution in [3.05, 3.63) is 76.5 Å². The van der Waals surface area contributed by atoms with Gasteiger partial charge in [0, 0.05) is 16.9 Å². The molecule has 2 aromatic carbocycles. The van der Waals surface area contributed by atoms with Crippen molar-refractivity contribution in [3.63, 3.8) is 0 Å². The summed E-state index contributed by atoms with van der Waals surface area (Å²) >= 11 is 3.48. The number of benzene rings is 2. The van der Waals surface area contributed by atoms with Gasteiger partial charge in [0.2, 0.25) is 0 Å². The summed E-state index contributed by atoms with van der Waals surface area (Å²) in [4.78, 5) is 4.25. The minimum absolute atomic E-state index is 0.143. The van der Waals surface area contributed by atoms with Gasteiger partial charge >= 0.3 is 0 Å². The number of rotatable bonds is 3. The fourth-order valence-electron chi connectivity index (χ4n) is 2.50. The molecule has 0 radical (unpaired) electrons. The summed E-state index contributed by atoms with van der Waals surface area (Å²) in [6.07, 6.45) is 3.71. The molecular formula is C17H15BrN2. The SMILES string of the molecule is CNC(c1cncc(Br)c1)c1ccc2ccccc2c1. The third-order valence-electron chi connectivity index (χ3n) is 3.45. The van der Waals surface area contributed by atoms with Gasteiger partial charge in [0.25, 0.3) is 0 Å². The van der Waals surface area contributed by atoms with Crippen LogP contribution in [0.25, 0.3) is 10.8 Å². The quantitative estimate of drug-likeness (QED) is 0.775. The normalized spacial score (nSPS) is 12.5. The van der Waals surface area contributed by atoms with Gasteiger partial charge in [-0.1, -0.05) is 36.4 Å². The standard InChI is InChI=1S/C17H15BrN2/c1-19-17(15-9-16(18)11-20-10-15)14-7-6-12-4-2-3-5-13(12)8-14/h2-11,17,19H,1H3. The number of nitrogens with zero attached hydrogens (tertiary/aromatic N) is 1. The van der Waals surface area contributed by atoms with Gasteiger partial charge < -0.3 is 5.32 Å². The number of aromatic nitrogens is 1. The highest BCUT2D eigenvalue weighted by Crippen LogP contribution is 2.26. The summed E-state index contributed by atoms with van der Waals surface area (Å²) in [6, 6.07) is 17.2. The second-order valence-corrected chi connectivity index (χ2v) is 5.68. The predicted octanol–water partition coefficient (Wildman–Crippen LogP) is 4.31. The second kappa shape index (κ2) is 5.73. The lowest BCUT2D eigenvalue weighted by Crippen LogP contribution is -2.17. The second-order valence-electron chi connectivity index (χ2n) is 4.76. The summed E-state index contributed by atoms with van der Waals surface area (Å²) in [6.45, 7) is 0. The molecule has 100 valence electrons. The molecule has 0 amide bonds. The Morgan fingerprint density at radius 3 is 2.50 bits per heavy atom. The summed E-state index contributed by atoms with van der Waals surface area (Å²) in [5.41, 5.74) is 2.39. The van der Waals surface area contributed by atoms with Crippen LogP contribution in [0.3, 0.4) is 0 Å². The van der Waals surface area contributed by atoms with Gasteiger partial charge in [0.1, 0.15) is 0 Å². The molecule has 3 rings (SSSR count). The number of nitrogens with one attached hydrogen (secondary N) is 1. The van der Waals surface area contributed by atoms with Crippen molar-refractivity contribution in [2.45, 2.75) is 6.04 Å². The maximum absolute atomic E-state index is 4.25. The van der Waals surface area contributed by atoms with Gasteiger partial charge in [-0.05, 0) is 57.0 Å². The van der Waals surface area contributed by atoms with E-state index >= 15 is 0 Å². The number of hydrogen-bond donors (Lipinski definition) is 1.